The Morgan fingerprint density at radius 3 is 2.71 bits per heavy atom. The van der Waals surface area contributed by atoms with E-state index in [1.807, 2.05) is 18.2 Å². The van der Waals surface area contributed by atoms with Gasteiger partial charge >= 0.3 is 6.03 Å². The average Bonchev–Trinajstić information content (AvgIpc) is 3.42. The molecule has 2 aliphatic heterocycles. The zero-order valence-corrected chi connectivity index (χ0v) is 24.6. The standard InChI is InChI=1S/C30H37N7O4S/c1-35-12-14-36(15-13-35)10-5-11-37(30(39)34-28-19-40-18-27(41-28)23-6-3-2-4-7-23)17-22-8-9-25(32-16-22)29(38)33-26-21-42-20-24(26)31/h2-3,6,8-9,16,18-21H,4-5,7,10-15,17,31H2,1H3,(H,33,38)(H,34,39). The van der Waals surface area contributed by atoms with Gasteiger partial charge in [0.2, 0.25) is 5.88 Å². The number of carbonyl (C=O) groups excluding carboxylic acids is 2. The number of aromatic nitrogens is 1. The first-order valence-corrected chi connectivity index (χ1v) is 15.0. The molecule has 0 atom stereocenters. The molecule has 4 N–H and O–H groups in total. The van der Waals surface area contributed by atoms with Crippen molar-refractivity contribution in [2.45, 2.75) is 25.8 Å². The van der Waals surface area contributed by atoms with Gasteiger partial charge in [0.1, 0.15) is 12.0 Å². The van der Waals surface area contributed by atoms with Crippen LogP contribution in [0.1, 0.15) is 35.3 Å². The van der Waals surface area contributed by atoms with Crippen LogP contribution in [0.3, 0.4) is 0 Å². The number of rotatable bonds is 10. The first-order valence-electron chi connectivity index (χ1n) is 14.1. The Hall–Kier alpha value is -4.13. The van der Waals surface area contributed by atoms with Gasteiger partial charge in [-0.05, 0) is 50.1 Å². The molecule has 42 heavy (non-hydrogen) atoms. The number of urea groups is 1. The first kappa shape index (κ1) is 29.4. The topological polar surface area (TPSA) is 125 Å². The number of anilines is 2. The van der Waals surface area contributed by atoms with Crippen LogP contribution in [0, 0.1) is 0 Å². The summed E-state index contributed by atoms with van der Waals surface area (Å²) in [6, 6.07) is 3.15. The van der Waals surface area contributed by atoms with Crippen molar-refractivity contribution in [2.75, 3.05) is 57.4 Å². The Kier molecular flexibility index (Phi) is 9.90. The third-order valence-electron chi connectivity index (χ3n) is 7.29. The summed E-state index contributed by atoms with van der Waals surface area (Å²) in [6.45, 7) is 5.87. The zero-order valence-electron chi connectivity index (χ0n) is 23.8. The van der Waals surface area contributed by atoms with Gasteiger partial charge in [0.05, 0.1) is 11.4 Å². The van der Waals surface area contributed by atoms with E-state index in [2.05, 4.69) is 38.5 Å². The fourth-order valence-corrected chi connectivity index (χ4v) is 5.46. The molecule has 3 aliphatic rings. The number of carbonyl (C=O) groups is 2. The number of nitrogen functional groups attached to an aromatic ring is 1. The van der Waals surface area contributed by atoms with Crippen LogP contribution in [0.25, 0.3) is 0 Å². The van der Waals surface area contributed by atoms with E-state index in [9.17, 15) is 9.59 Å². The molecule has 2 aromatic heterocycles. The van der Waals surface area contributed by atoms with Gasteiger partial charge in [-0.3, -0.25) is 15.1 Å². The van der Waals surface area contributed by atoms with Crippen LogP contribution >= 0.6 is 11.3 Å². The Morgan fingerprint density at radius 2 is 2.00 bits per heavy atom. The predicted molar refractivity (Wildman–Crippen MR) is 163 cm³/mol. The molecule has 1 fully saturated rings. The lowest BCUT2D eigenvalue weighted by atomic mass is 10.0. The molecule has 0 radical (unpaired) electrons. The molecule has 4 heterocycles. The summed E-state index contributed by atoms with van der Waals surface area (Å²) >= 11 is 1.41. The van der Waals surface area contributed by atoms with E-state index in [-0.39, 0.29) is 23.5 Å². The molecule has 222 valence electrons. The molecule has 0 saturated carbocycles. The predicted octanol–water partition coefficient (Wildman–Crippen LogP) is 4.09. The minimum atomic E-state index is -0.345. The second-order valence-corrected chi connectivity index (χ2v) is 11.2. The minimum absolute atomic E-state index is 0.231. The number of nitrogens with two attached hydrogens (primary N) is 1. The average molecular weight is 592 g/mol. The molecule has 1 aliphatic carbocycles. The molecule has 1 saturated heterocycles. The van der Waals surface area contributed by atoms with Crippen LogP contribution in [-0.4, -0.2) is 77.9 Å². The van der Waals surface area contributed by atoms with E-state index >= 15 is 0 Å². The van der Waals surface area contributed by atoms with E-state index in [0.29, 0.717) is 30.2 Å². The highest BCUT2D eigenvalue weighted by Crippen LogP contribution is 2.26. The van der Waals surface area contributed by atoms with E-state index in [1.165, 1.54) is 17.6 Å². The van der Waals surface area contributed by atoms with E-state index in [0.717, 1.165) is 63.1 Å². The number of allylic oxidation sites excluding steroid dienone is 4. The highest BCUT2D eigenvalue weighted by atomic mass is 32.1. The smallest absolute Gasteiger partial charge is 0.324 e. The monoisotopic (exact) mass is 591 g/mol. The summed E-state index contributed by atoms with van der Waals surface area (Å²) in [7, 11) is 2.14. The van der Waals surface area contributed by atoms with Gasteiger partial charge in [0.25, 0.3) is 5.91 Å². The second kappa shape index (κ2) is 14.2. The Morgan fingerprint density at radius 1 is 1.14 bits per heavy atom. The summed E-state index contributed by atoms with van der Waals surface area (Å²) in [5, 5.41) is 9.18. The number of pyridine rings is 1. The number of likely N-dealkylation sites (N-methyl/N-ethyl adjacent to an activating group) is 1. The molecule has 2 aromatic rings. The maximum atomic E-state index is 13.5. The highest BCUT2D eigenvalue weighted by molar-refractivity contribution is 7.09. The molecule has 11 nitrogen and oxygen atoms in total. The zero-order chi connectivity index (χ0) is 29.3. The summed E-state index contributed by atoms with van der Waals surface area (Å²) in [5.74, 6) is 0.471. The summed E-state index contributed by atoms with van der Waals surface area (Å²) < 4.78 is 11.4. The third kappa shape index (κ3) is 7.99. The van der Waals surface area contributed by atoms with Crippen molar-refractivity contribution >= 4 is 34.6 Å². The highest BCUT2D eigenvalue weighted by Gasteiger charge is 2.22. The number of amides is 3. The maximum absolute atomic E-state index is 13.5. The van der Waals surface area contributed by atoms with Gasteiger partial charge < -0.3 is 35.2 Å². The molecule has 5 rings (SSSR count). The van der Waals surface area contributed by atoms with Crippen molar-refractivity contribution in [1.82, 2.24) is 25.0 Å². The fraction of sp³-hybridized carbons (Fsp3) is 0.367. The van der Waals surface area contributed by atoms with Crippen molar-refractivity contribution in [1.29, 1.82) is 0 Å². The van der Waals surface area contributed by atoms with Gasteiger partial charge in [-0.25, -0.2) is 4.79 Å². The summed E-state index contributed by atoms with van der Waals surface area (Å²) in [6.07, 6.45) is 13.2. The van der Waals surface area contributed by atoms with E-state index in [1.54, 1.807) is 34.2 Å². The molecular formula is C30H37N7O4S. The fourth-order valence-electron chi connectivity index (χ4n) is 4.79. The molecule has 0 bridgehead atoms. The van der Waals surface area contributed by atoms with Gasteiger partial charge in [0.15, 0.2) is 12.0 Å². The maximum Gasteiger partial charge on any atom is 0.324 e. The van der Waals surface area contributed by atoms with Crippen molar-refractivity contribution < 1.29 is 19.1 Å². The minimum Gasteiger partial charge on any atom is -0.463 e. The van der Waals surface area contributed by atoms with Crippen LogP contribution in [0.5, 0.6) is 0 Å². The van der Waals surface area contributed by atoms with Crippen LogP contribution < -0.4 is 16.4 Å². The first-order chi connectivity index (χ1) is 20.4. The van der Waals surface area contributed by atoms with Gasteiger partial charge in [-0.1, -0.05) is 24.3 Å². The number of thiophene rings is 1. The van der Waals surface area contributed by atoms with Crippen LogP contribution in [0.15, 0.2) is 77.1 Å². The van der Waals surface area contributed by atoms with Crippen molar-refractivity contribution in [2.24, 2.45) is 0 Å². The van der Waals surface area contributed by atoms with Gasteiger partial charge in [-0.2, -0.15) is 0 Å². The van der Waals surface area contributed by atoms with Crippen molar-refractivity contribution in [3.63, 3.8) is 0 Å². The van der Waals surface area contributed by atoms with Crippen LogP contribution in [-0.2, 0) is 16.0 Å². The lowest BCUT2D eigenvalue weighted by molar-refractivity contribution is 0.102. The summed E-state index contributed by atoms with van der Waals surface area (Å²) in [5.41, 5.74) is 9.03. The third-order valence-corrected chi connectivity index (χ3v) is 8.05. The number of piperazine rings is 1. The molecular weight excluding hydrogens is 554 g/mol. The van der Waals surface area contributed by atoms with E-state index in [4.69, 9.17) is 15.2 Å². The van der Waals surface area contributed by atoms with Crippen molar-refractivity contribution in [3.05, 3.63) is 88.3 Å². The largest absolute Gasteiger partial charge is 0.463 e. The summed E-state index contributed by atoms with van der Waals surface area (Å²) in [4.78, 5) is 36.9. The lowest BCUT2D eigenvalue weighted by Gasteiger charge is -2.33. The molecule has 0 spiro atoms. The number of nitrogens with zero attached hydrogens (tertiary/aromatic N) is 4. The molecule has 3 amide bonds. The quantitative estimate of drug-likeness (QED) is 0.377. The lowest BCUT2D eigenvalue weighted by Crippen LogP contribution is -2.46. The number of hydrogen-bond acceptors (Lipinski definition) is 9. The van der Waals surface area contributed by atoms with Crippen LogP contribution in [0.4, 0.5) is 16.2 Å². The van der Waals surface area contributed by atoms with Gasteiger partial charge in [-0.15, -0.1) is 11.3 Å². The van der Waals surface area contributed by atoms with Gasteiger partial charge in [0, 0.05) is 56.2 Å². The number of nitrogens with one attached hydrogen (secondary N) is 2. The van der Waals surface area contributed by atoms with Crippen molar-refractivity contribution in [3.8, 4) is 0 Å². The Labute approximate surface area is 250 Å². The Bertz CT molecular complexity index is 1370. The Balaban J connectivity index is 1.21. The molecule has 0 aromatic carbocycles. The number of hydrogen-bond donors (Lipinski definition) is 3. The normalized spacial score (nSPS) is 17.3. The molecule has 0 unspecified atom stereocenters. The van der Waals surface area contributed by atoms with Crippen LogP contribution in [0.2, 0.25) is 0 Å². The molecule has 12 heteroatoms. The number of ether oxygens (including phenoxy) is 2. The van der Waals surface area contributed by atoms with E-state index < -0.39 is 0 Å². The second-order valence-electron chi connectivity index (χ2n) is 10.5. The SMILES string of the molecule is CN1CCN(CCCN(Cc2ccc(C(=O)Nc3cscc3N)nc2)C(=O)NC2=COC=C(C3=CC=CCC3)O2)CC1.